The van der Waals surface area contributed by atoms with Crippen LogP contribution < -0.4 is 0 Å². The molecule has 2 nitrogen and oxygen atoms in total. The van der Waals surface area contributed by atoms with Crippen molar-refractivity contribution in [1.29, 1.82) is 0 Å². The molecule has 1 fully saturated rings. The largest absolute Gasteiger partial charge is 0.303 e. The van der Waals surface area contributed by atoms with Crippen LogP contribution in [0.3, 0.4) is 0 Å². The molecule has 1 aromatic rings. The Hall–Kier alpha value is -1.15. The third kappa shape index (κ3) is 3.17. The van der Waals surface area contributed by atoms with Crippen molar-refractivity contribution in [3.63, 3.8) is 0 Å². The second-order valence-electron chi connectivity index (χ2n) is 4.27. The lowest BCUT2D eigenvalue weighted by Gasteiger charge is -2.13. The van der Waals surface area contributed by atoms with E-state index in [0.29, 0.717) is 6.42 Å². The van der Waals surface area contributed by atoms with Crippen LogP contribution in [0.15, 0.2) is 30.3 Å². The Morgan fingerprint density at radius 3 is 2.75 bits per heavy atom. The Labute approximate surface area is 97.3 Å². The van der Waals surface area contributed by atoms with Crippen molar-refractivity contribution in [2.45, 2.75) is 19.3 Å². The fourth-order valence-corrected chi connectivity index (χ4v) is 2.07. The zero-order chi connectivity index (χ0) is 11.2. The molecule has 0 bridgehead atoms. The van der Waals surface area contributed by atoms with Crippen LogP contribution in [-0.2, 0) is 0 Å². The molecule has 1 heterocycles. The molecule has 0 amide bonds. The number of Topliss-reactive ketones (excluding diaryl/α,β-unsaturated/α-hetero) is 1. The van der Waals surface area contributed by atoms with Crippen molar-refractivity contribution in [3.8, 4) is 0 Å². The van der Waals surface area contributed by atoms with Gasteiger partial charge in [-0.3, -0.25) is 4.79 Å². The lowest BCUT2D eigenvalue weighted by Crippen LogP contribution is -2.21. The first-order chi connectivity index (χ1) is 7.86. The monoisotopic (exact) mass is 216 g/mol. The number of hydrogen-bond donors (Lipinski definition) is 0. The van der Waals surface area contributed by atoms with Gasteiger partial charge in [0.2, 0.25) is 0 Å². The average Bonchev–Trinajstić information content (AvgIpc) is 2.83. The maximum atomic E-state index is 11.8. The molecule has 0 atom stereocenters. The van der Waals surface area contributed by atoms with Gasteiger partial charge >= 0.3 is 0 Å². The molecule has 0 aliphatic carbocycles. The first-order valence-corrected chi connectivity index (χ1v) is 5.98. The number of rotatable bonds is 5. The van der Waals surface area contributed by atoms with Crippen LogP contribution in [0.1, 0.15) is 29.6 Å². The van der Waals surface area contributed by atoms with E-state index in [1.54, 1.807) is 0 Å². The molecule has 0 aromatic heterocycles. The molecular formula is C14H18NO. The summed E-state index contributed by atoms with van der Waals surface area (Å²) < 4.78 is 0. The maximum absolute atomic E-state index is 11.8. The average molecular weight is 216 g/mol. The predicted octanol–water partition coefficient (Wildman–Crippen LogP) is 2.56. The molecule has 1 aliphatic rings. The molecule has 0 saturated carbocycles. The second-order valence-corrected chi connectivity index (χ2v) is 4.27. The lowest BCUT2D eigenvalue weighted by molar-refractivity contribution is 0.0976. The highest BCUT2D eigenvalue weighted by Gasteiger charge is 2.12. The van der Waals surface area contributed by atoms with E-state index in [2.05, 4.69) is 11.3 Å². The van der Waals surface area contributed by atoms with Gasteiger partial charge in [-0.2, -0.15) is 0 Å². The van der Waals surface area contributed by atoms with Gasteiger partial charge in [0.25, 0.3) is 0 Å². The normalized spacial score (nSPS) is 16.5. The minimum absolute atomic E-state index is 0.267. The zero-order valence-electron chi connectivity index (χ0n) is 9.56. The van der Waals surface area contributed by atoms with Crippen molar-refractivity contribution >= 4 is 5.78 Å². The molecule has 0 N–H and O–H groups in total. The smallest absolute Gasteiger partial charge is 0.162 e. The topological polar surface area (TPSA) is 20.3 Å². The van der Waals surface area contributed by atoms with Gasteiger partial charge in [0.05, 0.1) is 0 Å². The summed E-state index contributed by atoms with van der Waals surface area (Å²) in [6, 6.07) is 9.57. The number of hydrogen-bond acceptors (Lipinski definition) is 2. The van der Waals surface area contributed by atoms with Gasteiger partial charge in [-0.05, 0) is 32.4 Å². The van der Waals surface area contributed by atoms with Crippen molar-refractivity contribution < 1.29 is 4.79 Å². The molecule has 1 aromatic carbocycles. The standard InChI is InChI=1S/C14H18NO/c16-14(13-7-2-1-3-8-13)9-6-12-15-10-4-5-11-15/h1-4,7-8H,5-6,9-12H2. The summed E-state index contributed by atoms with van der Waals surface area (Å²) in [5.41, 5.74) is 0.843. The second kappa shape index (κ2) is 5.80. The van der Waals surface area contributed by atoms with E-state index >= 15 is 0 Å². The summed E-state index contributed by atoms with van der Waals surface area (Å²) in [6.45, 7) is 3.31. The molecule has 1 saturated heterocycles. The number of nitrogens with zero attached hydrogens (tertiary/aromatic N) is 1. The van der Waals surface area contributed by atoms with Gasteiger partial charge in [0, 0.05) is 18.5 Å². The van der Waals surface area contributed by atoms with Gasteiger partial charge in [0.1, 0.15) is 0 Å². The first-order valence-electron chi connectivity index (χ1n) is 5.98. The molecule has 1 radical (unpaired) electrons. The van der Waals surface area contributed by atoms with Crippen LogP contribution in [0.4, 0.5) is 0 Å². The highest BCUT2D eigenvalue weighted by atomic mass is 16.1. The van der Waals surface area contributed by atoms with Crippen LogP contribution in [-0.4, -0.2) is 30.3 Å². The van der Waals surface area contributed by atoms with Gasteiger partial charge in [0.15, 0.2) is 5.78 Å². The Kier molecular flexibility index (Phi) is 4.11. The van der Waals surface area contributed by atoms with Crippen LogP contribution >= 0.6 is 0 Å². The van der Waals surface area contributed by atoms with Crippen molar-refractivity contribution in [3.05, 3.63) is 42.3 Å². The molecule has 0 unspecified atom stereocenters. The van der Waals surface area contributed by atoms with E-state index < -0.39 is 0 Å². The Morgan fingerprint density at radius 1 is 1.25 bits per heavy atom. The minimum Gasteiger partial charge on any atom is -0.303 e. The highest BCUT2D eigenvalue weighted by Crippen LogP contribution is 2.09. The van der Waals surface area contributed by atoms with Crippen molar-refractivity contribution in [2.75, 3.05) is 19.6 Å². The molecule has 16 heavy (non-hydrogen) atoms. The van der Waals surface area contributed by atoms with Gasteiger partial charge < -0.3 is 4.90 Å². The van der Waals surface area contributed by atoms with Gasteiger partial charge in [-0.25, -0.2) is 0 Å². The third-order valence-corrected chi connectivity index (χ3v) is 3.01. The summed E-state index contributed by atoms with van der Waals surface area (Å²) in [7, 11) is 0. The molecule has 2 rings (SSSR count). The maximum Gasteiger partial charge on any atom is 0.162 e. The number of likely N-dealkylation sites (tertiary alicyclic amines) is 1. The van der Waals surface area contributed by atoms with Crippen molar-refractivity contribution in [1.82, 2.24) is 4.90 Å². The zero-order valence-corrected chi connectivity index (χ0v) is 9.56. The Balaban J connectivity index is 1.71. The van der Waals surface area contributed by atoms with E-state index in [9.17, 15) is 4.79 Å². The molecular weight excluding hydrogens is 198 g/mol. The Bertz CT molecular complexity index is 328. The molecule has 2 heteroatoms. The third-order valence-electron chi connectivity index (χ3n) is 3.01. The molecule has 85 valence electrons. The number of carbonyl (C=O) groups is 1. The fourth-order valence-electron chi connectivity index (χ4n) is 2.07. The van der Waals surface area contributed by atoms with E-state index in [0.717, 1.165) is 25.1 Å². The van der Waals surface area contributed by atoms with E-state index in [1.165, 1.54) is 13.0 Å². The number of carbonyl (C=O) groups excluding carboxylic acids is 1. The highest BCUT2D eigenvalue weighted by molar-refractivity contribution is 5.95. The van der Waals surface area contributed by atoms with E-state index in [-0.39, 0.29) is 5.78 Å². The SMILES string of the molecule is O=C(CCCN1C[CH]CC1)c1ccccc1. The molecule has 0 spiro atoms. The Morgan fingerprint density at radius 2 is 2.06 bits per heavy atom. The van der Waals surface area contributed by atoms with Crippen molar-refractivity contribution in [2.24, 2.45) is 0 Å². The number of ketones is 1. The predicted molar refractivity (Wildman–Crippen MR) is 65.4 cm³/mol. The summed E-state index contributed by atoms with van der Waals surface area (Å²) in [4.78, 5) is 14.2. The number of benzene rings is 1. The minimum atomic E-state index is 0.267. The summed E-state index contributed by atoms with van der Waals surface area (Å²) in [5.74, 6) is 0.267. The summed E-state index contributed by atoms with van der Waals surface area (Å²) in [5, 5.41) is 0. The quantitative estimate of drug-likeness (QED) is 0.705. The first kappa shape index (κ1) is 11.3. The van der Waals surface area contributed by atoms with Crippen LogP contribution in [0, 0.1) is 6.42 Å². The summed E-state index contributed by atoms with van der Waals surface area (Å²) in [6.07, 6.45) is 5.15. The lowest BCUT2D eigenvalue weighted by atomic mass is 10.1. The summed E-state index contributed by atoms with van der Waals surface area (Å²) >= 11 is 0. The fraction of sp³-hybridized carbons (Fsp3) is 0.429. The van der Waals surface area contributed by atoms with E-state index in [4.69, 9.17) is 0 Å². The van der Waals surface area contributed by atoms with Crippen LogP contribution in [0.25, 0.3) is 0 Å². The van der Waals surface area contributed by atoms with Gasteiger partial charge in [-0.15, -0.1) is 0 Å². The van der Waals surface area contributed by atoms with E-state index in [1.807, 2.05) is 30.3 Å². The van der Waals surface area contributed by atoms with Gasteiger partial charge in [-0.1, -0.05) is 30.3 Å². The van der Waals surface area contributed by atoms with Crippen LogP contribution in [0.5, 0.6) is 0 Å². The molecule has 1 aliphatic heterocycles. The van der Waals surface area contributed by atoms with Crippen LogP contribution in [0.2, 0.25) is 0 Å².